The molecule has 0 aliphatic carbocycles. The molecule has 17 heavy (non-hydrogen) atoms. The largest absolute Gasteiger partial charge is 0.492 e. The minimum Gasteiger partial charge on any atom is -0.492 e. The van der Waals surface area contributed by atoms with E-state index in [1.54, 1.807) is 0 Å². The van der Waals surface area contributed by atoms with Crippen LogP contribution in [0, 0.1) is 0 Å². The molecule has 3 nitrogen and oxygen atoms in total. The van der Waals surface area contributed by atoms with E-state index in [0.717, 1.165) is 50.2 Å². The predicted molar refractivity (Wildman–Crippen MR) is 71.1 cm³/mol. The first-order valence-electron chi connectivity index (χ1n) is 6.10. The number of nitrogens with zero attached hydrogens (tertiary/aromatic N) is 1. The number of benzene rings is 1. The zero-order valence-corrected chi connectivity index (χ0v) is 10.7. The average Bonchev–Trinajstić information content (AvgIpc) is 2.64. The molecule has 0 amide bonds. The minimum atomic E-state index is 0.828. The highest BCUT2D eigenvalue weighted by molar-refractivity contribution is 7.98. The van der Waals surface area contributed by atoms with Crippen molar-refractivity contribution in [1.82, 2.24) is 0 Å². The molecular weight excluding hydrogens is 234 g/mol. The van der Waals surface area contributed by atoms with E-state index in [-0.39, 0.29) is 0 Å². The third kappa shape index (κ3) is 2.53. The molecule has 1 aromatic rings. The van der Waals surface area contributed by atoms with Gasteiger partial charge >= 0.3 is 0 Å². The van der Waals surface area contributed by atoms with Gasteiger partial charge in [-0.1, -0.05) is 0 Å². The van der Waals surface area contributed by atoms with Crippen molar-refractivity contribution >= 4 is 17.4 Å². The number of ether oxygens (including phenoxy) is 2. The number of rotatable bonds is 1. The summed E-state index contributed by atoms with van der Waals surface area (Å²) in [5.74, 6) is 3.21. The van der Waals surface area contributed by atoms with E-state index in [0.29, 0.717) is 0 Å². The van der Waals surface area contributed by atoms with E-state index >= 15 is 0 Å². The van der Waals surface area contributed by atoms with Crippen molar-refractivity contribution in [2.75, 3.05) is 43.6 Å². The summed E-state index contributed by atoms with van der Waals surface area (Å²) in [6, 6.07) is 6.56. The Bertz CT molecular complexity index is 391. The van der Waals surface area contributed by atoms with Crippen LogP contribution in [0.2, 0.25) is 0 Å². The second-order valence-corrected chi connectivity index (χ2v) is 5.40. The van der Waals surface area contributed by atoms with Crippen LogP contribution in [0.3, 0.4) is 0 Å². The Labute approximate surface area is 106 Å². The molecule has 4 heteroatoms. The fraction of sp³-hybridized carbons (Fsp3) is 0.538. The molecule has 0 aromatic heterocycles. The number of morpholine rings is 1. The van der Waals surface area contributed by atoms with Crippen molar-refractivity contribution in [3.63, 3.8) is 0 Å². The zero-order valence-electron chi connectivity index (χ0n) is 9.85. The van der Waals surface area contributed by atoms with Gasteiger partial charge in [0.15, 0.2) is 0 Å². The van der Waals surface area contributed by atoms with Crippen LogP contribution in [-0.2, 0) is 10.5 Å². The molecule has 2 aliphatic rings. The van der Waals surface area contributed by atoms with Gasteiger partial charge in [-0.05, 0) is 18.2 Å². The molecule has 0 spiro atoms. The fourth-order valence-corrected chi connectivity index (χ4v) is 3.02. The Morgan fingerprint density at radius 1 is 1.12 bits per heavy atom. The number of thioether (sulfide) groups is 1. The molecule has 1 fully saturated rings. The van der Waals surface area contributed by atoms with Crippen molar-refractivity contribution in [1.29, 1.82) is 0 Å². The van der Waals surface area contributed by atoms with Crippen molar-refractivity contribution in [2.45, 2.75) is 5.75 Å². The molecule has 0 bridgehead atoms. The third-order valence-corrected chi connectivity index (χ3v) is 4.13. The first-order valence-corrected chi connectivity index (χ1v) is 7.25. The quantitative estimate of drug-likeness (QED) is 0.762. The number of hydrogen-bond donors (Lipinski definition) is 0. The molecule has 92 valence electrons. The molecule has 3 rings (SSSR count). The first-order chi connectivity index (χ1) is 8.43. The molecule has 0 radical (unpaired) electrons. The standard InChI is InChI=1S/C13H17NO2S/c1-2-13-11(10-17-8-7-16-13)9-12(1)14-3-5-15-6-4-14/h1-2,9H,3-8,10H2. The zero-order chi connectivity index (χ0) is 11.5. The van der Waals surface area contributed by atoms with Gasteiger partial charge < -0.3 is 14.4 Å². The predicted octanol–water partition coefficient (Wildman–Crippen LogP) is 2.15. The van der Waals surface area contributed by atoms with Gasteiger partial charge in [0.2, 0.25) is 0 Å². The summed E-state index contributed by atoms with van der Waals surface area (Å²) >= 11 is 1.95. The number of fused-ring (bicyclic) bond motifs is 1. The van der Waals surface area contributed by atoms with Gasteiger partial charge in [-0.3, -0.25) is 0 Å². The SMILES string of the molecule is c1cc2c(cc1N1CCOCC1)CSCCO2. The topological polar surface area (TPSA) is 21.7 Å². The van der Waals surface area contributed by atoms with Gasteiger partial charge in [-0.25, -0.2) is 0 Å². The monoisotopic (exact) mass is 251 g/mol. The molecule has 2 heterocycles. The lowest BCUT2D eigenvalue weighted by Crippen LogP contribution is -2.36. The van der Waals surface area contributed by atoms with E-state index in [2.05, 4.69) is 23.1 Å². The molecule has 1 saturated heterocycles. The van der Waals surface area contributed by atoms with E-state index in [4.69, 9.17) is 9.47 Å². The van der Waals surface area contributed by atoms with Gasteiger partial charge in [0.05, 0.1) is 19.8 Å². The maximum Gasteiger partial charge on any atom is 0.123 e. The van der Waals surface area contributed by atoms with Gasteiger partial charge in [0, 0.05) is 35.8 Å². The normalized spacial score (nSPS) is 20.4. The highest BCUT2D eigenvalue weighted by atomic mass is 32.2. The summed E-state index contributed by atoms with van der Waals surface area (Å²) in [4.78, 5) is 2.39. The Morgan fingerprint density at radius 3 is 2.88 bits per heavy atom. The highest BCUT2D eigenvalue weighted by Gasteiger charge is 2.14. The first kappa shape index (κ1) is 11.2. The molecular formula is C13H17NO2S. The Hall–Kier alpha value is -0.870. The Balaban J connectivity index is 1.83. The van der Waals surface area contributed by atoms with Crippen LogP contribution in [-0.4, -0.2) is 38.7 Å². The van der Waals surface area contributed by atoms with Crippen molar-refractivity contribution in [2.24, 2.45) is 0 Å². The number of hydrogen-bond acceptors (Lipinski definition) is 4. The second-order valence-electron chi connectivity index (χ2n) is 4.29. The van der Waals surface area contributed by atoms with Crippen LogP contribution in [0.4, 0.5) is 5.69 Å². The molecule has 2 aliphatic heterocycles. The van der Waals surface area contributed by atoms with Gasteiger partial charge in [-0.15, -0.1) is 0 Å². The van der Waals surface area contributed by atoms with Crippen molar-refractivity contribution < 1.29 is 9.47 Å². The maximum atomic E-state index is 5.73. The van der Waals surface area contributed by atoms with Crippen LogP contribution in [0.25, 0.3) is 0 Å². The lowest BCUT2D eigenvalue weighted by atomic mass is 10.1. The maximum absolute atomic E-state index is 5.73. The fourth-order valence-electron chi connectivity index (χ4n) is 2.23. The van der Waals surface area contributed by atoms with Crippen LogP contribution in [0.5, 0.6) is 5.75 Å². The summed E-state index contributed by atoms with van der Waals surface area (Å²) in [6.07, 6.45) is 0. The summed E-state index contributed by atoms with van der Waals surface area (Å²) in [7, 11) is 0. The lowest BCUT2D eigenvalue weighted by molar-refractivity contribution is 0.122. The van der Waals surface area contributed by atoms with E-state index < -0.39 is 0 Å². The molecule has 1 aromatic carbocycles. The van der Waals surface area contributed by atoms with Gasteiger partial charge in [0.1, 0.15) is 5.75 Å². The molecule has 0 unspecified atom stereocenters. The van der Waals surface area contributed by atoms with Crippen LogP contribution in [0.1, 0.15) is 5.56 Å². The van der Waals surface area contributed by atoms with E-state index in [1.807, 2.05) is 11.8 Å². The van der Waals surface area contributed by atoms with Crippen LogP contribution in [0.15, 0.2) is 18.2 Å². The Kier molecular flexibility index (Phi) is 3.43. The lowest BCUT2D eigenvalue weighted by Gasteiger charge is -2.29. The van der Waals surface area contributed by atoms with E-state index in [9.17, 15) is 0 Å². The molecule has 0 atom stereocenters. The van der Waals surface area contributed by atoms with Crippen LogP contribution < -0.4 is 9.64 Å². The summed E-state index contributed by atoms with van der Waals surface area (Å²) in [6.45, 7) is 4.48. The molecule has 0 N–H and O–H groups in total. The highest BCUT2D eigenvalue weighted by Crippen LogP contribution is 2.30. The Morgan fingerprint density at radius 2 is 2.00 bits per heavy atom. The van der Waals surface area contributed by atoms with Crippen molar-refractivity contribution in [3.8, 4) is 5.75 Å². The van der Waals surface area contributed by atoms with Crippen LogP contribution >= 0.6 is 11.8 Å². The summed E-state index contributed by atoms with van der Waals surface area (Å²) in [5.41, 5.74) is 2.63. The molecule has 0 saturated carbocycles. The second kappa shape index (κ2) is 5.19. The average molecular weight is 251 g/mol. The number of anilines is 1. The van der Waals surface area contributed by atoms with E-state index in [1.165, 1.54) is 11.3 Å². The summed E-state index contributed by atoms with van der Waals surface area (Å²) in [5, 5.41) is 0. The third-order valence-electron chi connectivity index (χ3n) is 3.16. The van der Waals surface area contributed by atoms with Crippen molar-refractivity contribution in [3.05, 3.63) is 23.8 Å². The summed E-state index contributed by atoms with van der Waals surface area (Å²) < 4.78 is 11.1. The van der Waals surface area contributed by atoms with Gasteiger partial charge in [-0.2, -0.15) is 11.8 Å². The van der Waals surface area contributed by atoms with Gasteiger partial charge in [0.25, 0.3) is 0 Å². The minimum absolute atomic E-state index is 0.828. The smallest absolute Gasteiger partial charge is 0.123 e.